The quantitative estimate of drug-likeness (QED) is 0.613. The van der Waals surface area contributed by atoms with Crippen molar-refractivity contribution in [3.63, 3.8) is 0 Å². The lowest BCUT2D eigenvalue weighted by atomic mass is 10.1. The molecule has 0 aromatic heterocycles. The van der Waals surface area contributed by atoms with Gasteiger partial charge in [0.15, 0.2) is 5.78 Å². The third kappa shape index (κ3) is 3.27. The van der Waals surface area contributed by atoms with Crippen molar-refractivity contribution in [2.24, 2.45) is 4.99 Å². The van der Waals surface area contributed by atoms with Gasteiger partial charge in [-0.1, -0.05) is 19.4 Å². The van der Waals surface area contributed by atoms with E-state index in [2.05, 4.69) is 11.9 Å². The number of carbonyl (C=O) groups is 1. The average molecular weight is 281 g/mol. The number of rotatable bonds is 5. The van der Waals surface area contributed by atoms with E-state index in [1.807, 2.05) is 0 Å². The van der Waals surface area contributed by atoms with Gasteiger partial charge in [-0.05, 0) is 24.1 Å². The molecule has 0 fully saturated rings. The van der Waals surface area contributed by atoms with Crippen molar-refractivity contribution >= 4 is 11.5 Å². The Hall–Kier alpha value is -2.66. The highest BCUT2D eigenvalue weighted by molar-refractivity contribution is 6.11. The van der Waals surface area contributed by atoms with Gasteiger partial charge in [0, 0.05) is 12.0 Å². The van der Waals surface area contributed by atoms with E-state index >= 15 is 0 Å². The standard InChI is InChI=1S/C16H15N3O2/c1-2-3-6-21-12-4-5-13-14(7-12)16(20)8-15(13)19-11(9-17)10-18/h4-5,7,15H,2-3,6,8H2,1H3. The van der Waals surface area contributed by atoms with Crippen LogP contribution in [0.1, 0.15) is 48.1 Å². The number of nitriles is 2. The normalized spacial score (nSPS) is 15.8. The van der Waals surface area contributed by atoms with Crippen molar-refractivity contribution in [2.45, 2.75) is 32.2 Å². The number of Topliss-reactive ketones (excluding diaryl/α,β-unsaturated/α-hetero) is 1. The number of benzene rings is 1. The molecular weight excluding hydrogens is 266 g/mol. The molecular formula is C16H15N3O2. The number of nitrogens with zero attached hydrogens (tertiary/aromatic N) is 3. The second-order valence-corrected chi connectivity index (χ2v) is 4.80. The Morgan fingerprint density at radius 2 is 2.19 bits per heavy atom. The molecule has 1 aromatic carbocycles. The Balaban J connectivity index is 2.24. The number of unbranched alkanes of at least 4 members (excludes halogenated alkanes) is 1. The Bertz CT molecular complexity index is 649. The topological polar surface area (TPSA) is 86.2 Å². The lowest BCUT2D eigenvalue weighted by molar-refractivity contribution is 0.0989. The van der Waals surface area contributed by atoms with Crippen LogP contribution < -0.4 is 4.74 Å². The Labute approximate surface area is 123 Å². The van der Waals surface area contributed by atoms with E-state index in [1.54, 1.807) is 30.3 Å². The van der Waals surface area contributed by atoms with Crippen LogP contribution in [0.2, 0.25) is 0 Å². The Morgan fingerprint density at radius 3 is 2.86 bits per heavy atom. The largest absolute Gasteiger partial charge is 0.494 e. The maximum Gasteiger partial charge on any atom is 0.214 e. The fraction of sp³-hybridized carbons (Fsp3) is 0.375. The molecule has 0 radical (unpaired) electrons. The molecule has 1 aromatic rings. The van der Waals surface area contributed by atoms with E-state index < -0.39 is 6.04 Å². The number of carbonyl (C=O) groups excluding carboxylic acids is 1. The minimum Gasteiger partial charge on any atom is -0.494 e. The monoisotopic (exact) mass is 281 g/mol. The number of hydrogen-bond donors (Lipinski definition) is 0. The van der Waals surface area contributed by atoms with Gasteiger partial charge < -0.3 is 4.74 Å². The van der Waals surface area contributed by atoms with E-state index in [-0.39, 0.29) is 17.9 Å². The Kier molecular flexibility index (Phi) is 4.68. The molecule has 106 valence electrons. The molecule has 5 nitrogen and oxygen atoms in total. The predicted octanol–water partition coefficient (Wildman–Crippen LogP) is 2.98. The third-order valence-corrected chi connectivity index (χ3v) is 3.33. The summed E-state index contributed by atoms with van der Waals surface area (Å²) in [5.41, 5.74) is 1.13. The molecule has 0 saturated carbocycles. The molecule has 0 heterocycles. The lowest BCUT2D eigenvalue weighted by Gasteiger charge is -2.08. The summed E-state index contributed by atoms with van der Waals surface area (Å²) in [6, 6.07) is 8.32. The van der Waals surface area contributed by atoms with Gasteiger partial charge in [-0.25, -0.2) is 0 Å². The van der Waals surface area contributed by atoms with Crippen molar-refractivity contribution in [3.05, 3.63) is 29.3 Å². The fourth-order valence-corrected chi connectivity index (χ4v) is 2.24. The molecule has 1 aliphatic carbocycles. The summed E-state index contributed by atoms with van der Waals surface area (Å²) >= 11 is 0. The fourth-order valence-electron chi connectivity index (χ4n) is 2.24. The van der Waals surface area contributed by atoms with Gasteiger partial charge >= 0.3 is 0 Å². The number of hydrogen-bond acceptors (Lipinski definition) is 5. The zero-order valence-electron chi connectivity index (χ0n) is 11.8. The summed E-state index contributed by atoms with van der Waals surface area (Å²) in [4.78, 5) is 16.1. The molecule has 0 aliphatic heterocycles. The molecule has 5 heteroatoms. The van der Waals surface area contributed by atoms with Crippen molar-refractivity contribution in [2.75, 3.05) is 6.61 Å². The lowest BCUT2D eigenvalue weighted by Crippen LogP contribution is -1.99. The first-order valence-electron chi connectivity index (χ1n) is 6.87. The highest BCUT2D eigenvalue weighted by atomic mass is 16.5. The van der Waals surface area contributed by atoms with Gasteiger partial charge in [0.1, 0.15) is 17.9 Å². The Morgan fingerprint density at radius 1 is 1.43 bits per heavy atom. The zero-order valence-corrected chi connectivity index (χ0v) is 11.8. The summed E-state index contributed by atoms with van der Waals surface area (Å²) in [5, 5.41) is 17.5. The predicted molar refractivity (Wildman–Crippen MR) is 77.2 cm³/mol. The van der Waals surface area contributed by atoms with E-state index in [1.165, 1.54) is 0 Å². The molecule has 21 heavy (non-hydrogen) atoms. The number of fused-ring (bicyclic) bond motifs is 1. The maximum atomic E-state index is 12.0. The first-order valence-corrected chi connectivity index (χ1v) is 6.87. The van der Waals surface area contributed by atoms with Crippen LogP contribution in [0.25, 0.3) is 0 Å². The second-order valence-electron chi connectivity index (χ2n) is 4.80. The van der Waals surface area contributed by atoms with Crippen molar-refractivity contribution < 1.29 is 9.53 Å². The number of ketones is 1. The zero-order chi connectivity index (χ0) is 15.2. The van der Waals surface area contributed by atoms with Gasteiger partial charge in [0.05, 0.1) is 12.6 Å². The van der Waals surface area contributed by atoms with Crippen LogP contribution in [0.15, 0.2) is 23.2 Å². The van der Waals surface area contributed by atoms with Gasteiger partial charge in [0.25, 0.3) is 0 Å². The van der Waals surface area contributed by atoms with Crippen LogP contribution in [0.5, 0.6) is 5.75 Å². The molecule has 0 bridgehead atoms. The van der Waals surface area contributed by atoms with E-state index in [0.717, 1.165) is 18.4 Å². The minimum atomic E-state index is -0.438. The maximum absolute atomic E-state index is 12.0. The summed E-state index contributed by atoms with van der Waals surface area (Å²) in [5.74, 6) is 0.635. The molecule has 0 N–H and O–H groups in total. The van der Waals surface area contributed by atoms with Crippen LogP contribution >= 0.6 is 0 Å². The van der Waals surface area contributed by atoms with Gasteiger partial charge in [-0.2, -0.15) is 10.5 Å². The molecule has 1 atom stereocenters. The average Bonchev–Trinajstić information content (AvgIpc) is 2.81. The summed E-state index contributed by atoms with van der Waals surface area (Å²) in [6.45, 7) is 2.71. The first kappa shape index (κ1) is 14.7. The highest BCUT2D eigenvalue weighted by Gasteiger charge is 2.29. The van der Waals surface area contributed by atoms with Gasteiger partial charge in [-0.3, -0.25) is 9.79 Å². The highest BCUT2D eigenvalue weighted by Crippen LogP contribution is 2.36. The van der Waals surface area contributed by atoms with Crippen LogP contribution in [0.3, 0.4) is 0 Å². The SMILES string of the molecule is CCCCOc1ccc2c(c1)C(=O)CC2N=C(C#N)C#N. The van der Waals surface area contributed by atoms with Crippen molar-refractivity contribution in [3.8, 4) is 17.9 Å². The van der Waals surface area contributed by atoms with Crippen molar-refractivity contribution in [1.29, 1.82) is 10.5 Å². The van der Waals surface area contributed by atoms with Crippen LogP contribution in [0.4, 0.5) is 0 Å². The second kappa shape index (κ2) is 6.67. The first-order chi connectivity index (χ1) is 10.2. The van der Waals surface area contributed by atoms with Gasteiger partial charge in [0.2, 0.25) is 5.71 Å². The van der Waals surface area contributed by atoms with Crippen LogP contribution in [-0.4, -0.2) is 18.1 Å². The van der Waals surface area contributed by atoms with E-state index in [4.69, 9.17) is 15.3 Å². The van der Waals surface area contributed by atoms with Crippen molar-refractivity contribution in [1.82, 2.24) is 0 Å². The van der Waals surface area contributed by atoms with Gasteiger partial charge in [-0.15, -0.1) is 0 Å². The van der Waals surface area contributed by atoms with E-state index in [9.17, 15) is 4.79 Å². The van der Waals surface area contributed by atoms with Crippen LogP contribution in [0, 0.1) is 22.7 Å². The molecule has 1 aliphatic rings. The summed E-state index contributed by atoms with van der Waals surface area (Å²) in [7, 11) is 0. The summed E-state index contributed by atoms with van der Waals surface area (Å²) < 4.78 is 5.59. The smallest absolute Gasteiger partial charge is 0.214 e. The molecule has 0 amide bonds. The van der Waals surface area contributed by atoms with Crippen LogP contribution in [-0.2, 0) is 0 Å². The molecule has 0 saturated heterocycles. The third-order valence-electron chi connectivity index (χ3n) is 3.33. The molecule has 1 unspecified atom stereocenters. The number of ether oxygens (including phenoxy) is 1. The molecule has 2 rings (SSSR count). The summed E-state index contributed by atoms with van der Waals surface area (Å²) in [6.07, 6.45) is 2.21. The number of aliphatic imine (C=N–C) groups is 1. The van der Waals surface area contributed by atoms with E-state index in [0.29, 0.717) is 17.9 Å². The minimum absolute atomic E-state index is 0.0325. The molecule has 0 spiro atoms.